The minimum atomic E-state index is 0.101. The molecule has 0 N–H and O–H groups in total. The first-order chi connectivity index (χ1) is 12.2. The van der Waals surface area contributed by atoms with E-state index in [0.29, 0.717) is 0 Å². The lowest BCUT2D eigenvalue weighted by molar-refractivity contribution is -0.135. The number of rotatable bonds is 5. The van der Waals surface area contributed by atoms with E-state index in [-0.39, 0.29) is 12.5 Å². The van der Waals surface area contributed by atoms with Crippen LogP contribution in [0.5, 0.6) is 5.75 Å². The third-order valence-corrected chi connectivity index (χ3v) is 5.99. The molecule has 1 aromatic rings. The van der Waals surface area contributed by atoms with E-state index < -0.39 is 0 Å². The number of aryl methyl sites for hydroxylation is 1. The molecule has 0 spiro atoms. The van der Waals surface area contributed by atoms with Gasteiger partial charge in [0.1, 0.15) is 5.75 Å². The van der Waals surface area contributed by atoms with Crippen LogP contribution >= 0.6 is 0 Å². The van der Waals surface area contributed by atoms with Crippen LogP contribution in [0, 0.1) is 24.7 Å². The van der Waals surface area contributed by atoms with Gasteiger partial charge in [-0.15, -0.1) is 0 Å². The van der Waals surface area contributed by atoms with Crippen molar-refractivity contribution >= 4 is 5.91 Å². The highest BCUT2D eigenvalue weighted by molar-refractivity contribution is 5.77. The van der Waals surface area contributed by atoms with Crippen molar-refractivity contribution in [3.05, 3.63) is 42.0 Å². The molecule has 3 aliphatic rings. The van der Waals surface area contributed by atoms with Gasteiger partial charge in [0, 0.05) is 32.7 Å². The van der Waals surface area contributed by atoms with E-state index in [1.807, 2.05) is 36.1 Å². The lowest BCUT2D eigenvalue weighted by Gasteiger charge is -2.36. The van der Waals surface area contributed by atoms with Gasteiger partial charge in [-0.3, -0.25) is 9.69 Å². The molecule has 1 saturated heterocycles. The summed E-state index contributed by atoms with van der Waals surface area (Å²) in [6.07, 6.45) is 7.58. The van der Waals surface area contributed by atoms with Gasteiger partial charge in [0.15, 0.2) is 6.61 Å². The zero-order chi connectivity index (χ0) is 17.2. The SMILES string of the molecule is Cc1cccc(OCC(=O)N2CCN(CC3CC4C=CC3C4)CC2)c1. The number of carbonyl (C=O) groups excluding carboxylic acids is 1. The number of ether oxygens (including phenoxy) is 1. The Balaban J connectivity index is 1.20. The Bertz CT molecular complexity index is 649. The number of hydrogen-bond acceptors (Lipinski definition) is 3. The third kappa shape index (κ3) is 3.90. The van der Waals surface area contributed by atoms with Crippen molar-refractivity contribution in [3.63, 3.8) is 0 Å². The van der Waals surface area contributed by atoms with Gasteiger partial charge in [-0.2, -0.15) is 0 Å². The largest absolute Gasteiger partial charge is 0.484 e. The van der Waals surface area contributed by atoms with Gasteiger partial charge in [0.25, 0.3) is 5.91 Å². The second-order valence-electron chi connectivity index (χ2n) is 7.83. The fraction of sp³-hybridized carbons (Fsp3) is 0.571. The van der Waals surface area contributed by atoms with Crippen LogP contribution in [0.4, 0.5) is 0 Å². The van der Waals surface area contributed by atoms with E-state index in [0.717, 1.165) is 55.2 Å². The maximum absolute atomic E-state index is 12.4. The smallest absolute Gasteiger partial charge is 0.260 e. The standard InChI is InChI=1S/C21H28N2O2/c1-16-3-2-4-20(11-16)25-15-21(24)23-9-7-22(8-10-23)14-19-13-17-5-6-18(19)12-17/h2-6,11,17-19H,7-10,12-15H2,1H3. The molecule has 4 heteroatoms. The third-order valence-electron chi connectivity index (χ3n) is 5.99. The van der Waals surface area contributed by atoms with E-state index in [1.165, 1.54) is 19.4 Å². The van der Waals surface area contributed by atoms with Crippen molar-refractivity contribution in [2.24, 2.45) is 17.8 Å². The number of amides is 1. The maximum Gasteiger partial charge on any atom is 0.260 e. The lowest BCUT2D eigenvalue weighted by Crippen LogP contribution is -2.51. The Hall–Kier alpha value is -1.81. The molecule has 2 bridgehead atoms. The fourth-order valence-corrected chi connectivity index (χ4v) is 4.56. The number of allylic oxidation sites excluding steroid dienone is 2. The first-order valence-electron chi connectivity index (χ1n) is 9.55. The topological polar surface area (TPSA) is 32.8 Å². The maximum atomic E-state index is 12.4. The summed E-state index contributed by atoms with van der Waals surface area (Å²) in [4.78, 5) is 16.9. The quantitative estimate of drug-likeness (QED) is 0.773. The minimum absolute atomic E-state index is 0.101. The van der Waals surface area contributed by atoms with Crippen molar-refractivity contribution in [3.8, 4) is 5.75 Å². The second kappa shape index (κ2) is 7.20. The van der Waals surface area contributed by atoms with Crippen molar-refractivity contribution in [1.29, 1.82) is 0 Å². The van der Waals surface area contributed by atoms with E-state index in [9.17, 15) is 4.79 Å². The van der Waals surface area contributed by atoms with Crippen LogP contribution in [-0.4, -0.2) is 55.0 Å². The first-order valence-corrected chi connectivity index (χ1v) is 9.55. The summed E-state index contributed by atoms with van der Waals surface area (Å²) >= 11 is 0. The minimum Gasteiger partial charge on any atom is -0.484 e. The highest BCUT2D eigenvalue weighted by Crippen LogP contribution is 2.43. The zero-order valence-electron chi connectivity index (χ0n) is 15.1. The predicted molar refractivity (Wildman–Crippen MR) is 98.5 cm³/mol. The van der Waals surface area contributed by atoms with Crippen LogP contribution in [0.15, 0.2) is 36.4 Å². The van der Waals surface area contributed by atoms with Crippen molar-refractivity contribution in [1.82, 2.24) is 9.80 Å². The Morgan fingerprint density at radius 2 is 2.00 bits per heavy atom. The van der Waals surface area contributed by atoms with Crippen LogP contribution in [-0.2, 0) is 4.79 Å². The van der Waals surface area contributed by atoms with Crippen LogP contribution in [0.3, 0.4) is 0 Å². The monoisotopic (exact) mass is 340 g/mol. The molecule has 1 aliphatic heterocycles. The molecule has 4 rings (SSSR count). The summed E-state index contributed by atoms with van der Waals surface area (Å²) in [5, 5.41) is 0. The molecule has 25 heavy (non-hydrogen) atoms. The normalized spacial score (nSPS) is 28.5. The van der Waals surface area contributed by atoms with Crippen LogP contribution in [0.1, 0.15) is 18.4 Å². The van der Waals surface area contributed by atoms with Gasteiger partial charge in [0.05, 0.1) is 0 Å². The predicted octanol–water partition coefficient (Wildman–Crippen LogP) is 2.73. The van der Waals surface area contributed by atoms with Gasteiger partial charge in [-0.1, -0.05) is 24.3 Å². The number of carbonyl (C=O) groups is 1. The molecular weight excluding hydrogens is 312 g/mol. The van der Waals surface area contributed by atoms with Crippen LogP contribution in [0.2, 0.25) is 0 Å². The van der Waals surface area contributed by atoms with Gasteiger partial charge in [-0.05, 0) is 55.2 Å². The highest BCUT2D eigenvalue weighted by Gasteiger charge is 2.36. The summed E-state index contributed by atoms with van der Waals surface area (Å²) in [5.74, 6) is 3.37. The summed E-state index contributed by atoms with van der Waals surface area (Å²) in [7, 11) is 0. The molecule has 3 atom stereocenters. The molecule has 1 heterocycles. The van der Waals surface area contributed by atoms with Gasteiger partial charge in [-0.25, -0.2) is 0 Å². The Morgan fingerprint density at radius 3 is 2.68 bits per heavy atom. The number of fused-ring (bicyclic) bond motifs is 2. The van der Waals surface area contributed by atoms with E-state index >= 15 is 0 Å². The second-order valence-corrected chi connectivity index (χ2v) is 7.83. The van der Waals surface area contributed by atoms with Crippen LogP contribution < -0.4 is 4.74 Å². The van der Waals surface area contributed by atoms with Gasteiger partial charge < -0.3 is 9.64 Å². The first kappa shape index (κ1) is 16.6. The molecule has 3 unspecified atom stereocenters. The average Bonchev–Trinajstić information content (AvgIpc) is 3.23. The van der Waals surface area contributed by atoms with Gasteiger partial charge in [0.2, 0.25) is 0 Å². The molecule has 2 aliphatic carbocycles. The molecular formula is C21H28N2O2. The number of hydrogen-bond donors (Lipinski definition) is 0. The molecule has 2 fully saturated rings. The Kier molecular flexibility index (Phi) is 4.80. The molecule has 0 aromatic heterocycles. The average molecular weight is 340 g/mol. The number of benzene rings is 1. The number of nitrogens with zero attached hydrogens (tertiary/aromatic N) is 2. The van der Waals surface area contributed by atoms with Crippen molar-refractivity contribution in [2.75, 3.05) is 39.3 Å². The van der Waals surface area contributed by atoms with Crippen molar-refractivity contribution < 1.29 is 9.53 Å². The molecule has 1 saturated carbocycles. The molecule has 134 valence electrons. The molecule has 1 aromatic carbocycles. The molecule has 0 radical (unpaired) electrons. The summed E-state index contributed by atoms with van der Waals surface area (Å²) in [6, 6.07) is 7.86. The number of piperazine rings is 1. The Morgan fingerprint density at radius 1 is 1.16 bits per heavy atom. The van der Waals surface area contributed by atoms with E-state index in [2.05, 4.69) is 17.1 Å². The van der Waals surface area contributed by atoms with Crippen molar-refractivity contribution in [2.45, 2.75) is 19.8 Å². The summed E-state index contributed by atoms with van der Waals surface area (Å²) < 4.78 is 5.66. The van der Waals surface area contributed by atoms with Gasteiger partial charge >= 0.3 is 0 Å². The highest BCUT2D eigenvalue weighted by atomic mass is 16.5. The van der Waals surface area contributed by atoms with Crippen LogP contribution in [0.25, 0.3) is 0 Å². The lowest BCUT2D eigenvalue weighted by atomic mass is 9.93. The molecule has 4 nitrogen and oxygen atoms in total. The summed E-state index contributed by atoms with van der Waals surface area (Å²) in [6.45, 7) is 7.01. The van der Waals surface area contributed by atoms with E-state index in [4.69, 9.17) is 4.74 Å². The van der Waals surface area contributed by atoms with E-state index in [1.54, 1.807) is 0 Å². The Labute approximate surface area is 150 Å². The fourth-order valence-electron chi connectivity index (χ4n) is 4.56. The molecule has 1 amide bonds. The zero-order valence-corrected chi connectivity index (χ0v) is 15.1. The summed E-state index contributed by atoms with van der Waals surface area (Å²) in [5.41, 5.74) is 1.15.